The van der Waals surface area contributed by atoms with E-state index in [1.165, 1.54) is 24.9 Å². The first-order valence-corrected chi connectivity index (χ1v) is 14.4. The second kappa shape index (κ2) is 13.9. The Bertz CT molecular complexity index is 1890. The van der Waals surface area contributed by atoms with Gasteiger partial charge in [-0.3, -0.25) is 20.2 Å². The van der Waals surface area contributed by atoms with Gasteiger partial charge >= 0.3 is 24.2 Å². The lowest BCUT2D eigenvalue weighted by Crippen LogP contribution is -2.29. The van der Waals surface area contributed by atoms with Crippen molar-refractivity contribution in [3.8, 4) is 28.7 Å². The minimum absolute atomic E-state index is 0.0216. The van der Waals surface area contributed by atoms with Crippen LogP contribution in [0.15, 0.2) is 74.7 Å². The predicted octanol–water partition coefficient (Wildman–Crippen LogP) is 8.88. The van der Waals surface area contributed by atoms with Crippen molar-refractivity contribution in [3.05, 3.63) is 71.0 Å². The van der Waals surface area contributed by atoms with E-state index in [9.17, 15) is 35.9 Å². The molecule has 5 rings (SSSR count). The molecule has 0 saturated heterocycles. The molecule has 3 aromatic carbocycles. The Morgan fingerprint density at radius 3 is 1.80 bits per heavy atom. The standard InChI is InChI=1S/C16H10ClF3N2O3.C12H8ClF3N2O2S/c1-24-13-9-5-3-2-4-8(9)11(17)6-10(13)14-21-7-12(25-14)22-15(23)16(18,19)20;1-21-6-2-3-8(13)7(4-6)10-17-5-9(20-10)18-11(19)12(14,15)16/h2-7H,1H3,(H,22,23);2-5H,1H3,(H,18,19). The summed E-state index contributed by atoms with van der Waals surface area (Å²) in [5.41, 5.74) is 0.773. The van der Waals surface area contributed by atoms with Crippen molar-refractivity contribution in [3.63, 3.8) is 0 Å². The van der Waals surface area contributed by atoms with E-state index >= 15 is 0 Å². The number of halogens is 8. The first kappa shape index (κ1) is 34.5. The number of aromatic nitrogens is 2. The summed E-state index contributed by atoms with van der Waals surface area (Å²) in [4.78, 5) is 30.3. The molecule has 0 aliphatic carbocycles. The Labute approximate surface area is 269 Å². The molecule has 0 unspecified atom stereocenters. The number of hydrogen-bond acceptors (Lipinski definition) is 8. The summed E-state index contributed by atoms with van der Waals surface area (Å²) < 4.78 is 89.0. The molecule has 2 amide bonds. The van der Waals surface area contributed by atoms with Crippen LogP contribution in [0.1, 0.15) is 0 Å². The maximum atomic E-state index is 12.3. The number of alkyl halides is 6. The van der Waals surface area contributed by atoms with Crippen LogP contribution in [0.25, 0.3) is 33.7 Å². The summed E-state index contributed by atoms with van der Waals surface area (Å²) in [5, 5.41) is 5.33. The predicted molar refractivity (Wildman–Crippen MR) is 159 cm³/mol. The van der Waals surface area contributed by atoms with Crippen molar-refractivity contribution in [2.75, 3.05) is 24.0 Å². The van der Waals surface area contributed by atoms with E-state index < -0.39 is 35.9 Å². The number of nitrogens with one attached hydrogen (secondary N) is 2. The SMILES string of the molecule is COc1c(-c2ncc(NC(=O)C(F)(F)F)o2)cc(Cl)c2ccccc12.CSc1ccc(Cl)c(-c2ncc(NC(=O)C(F)(F)F)o2)c1. The zero-order chi connectivity index (χ0) is 33.8. The van der Waals surface area contributed by atoms with Gasteiger partial charge in [-0.05, 0) is 30.5 Å². The molecule has 0 fully saturated rings. The second-order valence-corrected chi connectivity index (χ2v) is 10.5. The quantitative estimate of drug-likeness (QED) is 0.133. The second-order valence-electron chi connectivity index (χ2n) is 8.79. The molecule has 18 heteroatoms. The van der Waals surface area contributed by atoms with Crippen LogP contribution in [0.4, 0.5) is 38.1 Å². The van der Waals surface area contributed by atoms with Crippen molar-refractivity contribution < 1.29 is 49.5 Å². The fourth-order valence-corrected chi connectivity index (χ4v) is 4.67. The highest BCUT2D eigenvalue weighted by Gasteiger charge is 2.40. The maximum Gasteiger partial charge on any atom is 0.471 e. The molecule has 0 spiro atoms. The summed E-state index contributed by atoms with van der Waals surface area (Å²) in [5.74, 6) is -4.75. The summed E-state index contributed by atoms with van der Waals surface area (Å²) in [6.07, 6.45) is -6.21. The van der Waals surface area contributed by atoms with Crippen LogP contribution >= 0.6 is 35.0 Å². The van der Waals surface area contributed by atoms with E-state index in [1.54, 1.807) is 47.0 Å². The number of hydrogen-bond donors (Lipinski definition) is 2. The molecule has 2 aromatic heterocycles. The third kappa shape index (κ3) is 8.05. The number of rotatable bonds is 6. The number of benzene rings is 3. The van der Waals surface area contributed by atoms with E-state index in [0.717, 1.165) is 22.7 Å². The van der Waals surface area contributed by atoms with Crippen LogP contribution < -0.4 is 15.4 Å². The monoisotopic (exact) mass is 706 g/mol. The third-order valence-corrected chi connectivity index (χ3v) is 7.15. The lowest BCUT2D eigenvalue weighted by atomic mass is 10.0. The fraction of sp³-hybridized carbons (Fsp3) is 0.143. The Kier molecular flexibility index (Phi) is 10.4. The Hall–Kier alpha value is -4.41. The van der Waals surface area contributed by atoms with Crippen molar-refractivity contribution in [1.82, 2.24) is 9.97 Å². The molecular formula is C28H18Cl2F6N4O5S. The highest BCUT2D eigenvalue weighted by atomic mass is 35.5. The molecule has 46 heavy (non-hydrogen) atoms. The molecule has 0 aliphatic heterocycles. The zero-order valence-electron chi connectivity index (χ0n) is 23.1. The van der Waals surface area contributed by atoms with Crippen LogP contribution in [0.5, 0.6) is 5.75 Å². The third-order valence-electron chi connectivity index (χ3n) is 5.78. The molecule has 0 aliphatic rings. The van der Waals surface area contributed by atoms with Gasteiger partial charge in [0.15, 0.2) is 0 Å². The number of fused-ring (bicyclic) bond motifs is 1. The van der Waals surface area contributed by atoms with E-state index in [1.807, 2.05) is 12.3 Å². The van der Waals surface area contributed by atoms with E-state index in [-0.39, 0.29) is 11.8 Å². The van der Waals surface area contributed by atoms with Gasteiger partial charge in [0.2, 0.25) is 23.5 Å². The average Bonchev–Trinajstić information content (AvgIpc) is 3.67. The molecule has 0 bridgehead atoms. The number of methoxy groups -OCH3 is 1. The minimum Gasteiger partial charge on any atom is -0.495 e. The number of ether oxygens (including phenoxy) is 1. The van der Waals surface area contributed by atoms with E-state index in [0.29, 0.717) is 32.3 Å². The lowest BCUT2D eigenvalue weighted by molar-refractivity contribution is -0.167. The molecule has 9 nitrogen and oxygen atoms in total. The number of thioether (sulfide) groups is 1. The number of amides is 2. The van der Waals surface area contributed by atoms with Gasteiger partial charge in [-0.2, -0.15) is 26.3 Å². The van der Waals surface area contributed by atoms with Crippen LogP contribution in [0.2, 0.25) is 10.0 Å². The molecule has 5 aromatic rings. The summed E-state index contributed by atoms with van der Waals surface area (Å²) >= 11 is 13.7. The number of carbonyl (C=O) groups excluding carboxylic acids is 2. The zero-order valence-corrected chi connectivity index (χ0v) is 25.5. The van der Waals surface area contributed by atoms with Gasteiger partial charge in [0.1, 0.15) is 5.75 Å². The molecular weight excluding hydrogens is 689 g/mol. The average molecular weight is 707 g/mol. The number of anilines is 2. The van der Waals surface area contributed by atoms with Crippen LogP contribution in [0.3, 0.4) is 0 Å². The minimum atomic E-state index is -5.03. The van der Waals surface area contributed by atoms with E-state index in [4.69, 9.17) is 36.8 Å². The summed E-state index contributed by atoms with van der Waals surface area (Å²) in [7, 11) is 1.44. The molecule has 0 saturated carbocycles. The molecule has 2 N–H and O–H groups in total. The van der Waals surface area contributed by atoms with Gasteiger partial charge in [-0.25, -0.2) is 9.97 Å². The van der Waals surface area contributed by atoms with Gasteiger partial charge in [0.25, 0.3) is 0 Å². The highest BCUT2D eigenvalue weighted by Crippen LogP contribution is 2.41. The normalized spacial score (nSPS) is 11.5. The van der Waals surface area contributed by atoms with Crippen molar-refractivity contribution in [1.29, 1.82) is 0 Å². The van der Waals surface area contributed by atoms with E-state index in [2.05, 4.69) is 9.97 Å². The summed E-state index contributed by atoms with van der Waals surface area (Å²) in [6, 6.07) is 13.8. The maximum absolute atomic E-state index is 12.3. The van der Waals surface area contributed by atoms with Gasteiger partial charge in [-0.15, -0.1) is 11.8 Å². The Morgan fingerprint density at radius 2 is 1.30 bits per heavy atom. The van der Waals surface area contributed by atoms with Gasteiger partial charge < -0.3 is 13.6 Å². The van der Waals surface area contributed by atoms with Gasteiger partial charge in [-0.1, -0.05) is 47.5 Å². The molecule has 0 atom stereocenters. The van der Waals surface area contributed by atoms with Crippen LogP contribution in [-0.2, 0) is 9.59 Å². The van der Waals surface area contributed by atoms with Crippen molar-refractivity contribution in [2.24, 2.45) is 0 Å². The topological polar surface area (TPSA) is 119 Å². The Balaban J connectivity index is 0.000000212. The van der Waals surface area contributed by atoms with Crippen molar-refractivity contribution >= 4 is 69.3 Å². The fourth-order valence-electron chi connectivity index (χ4n) is 3.76. The largest absolute Gasteiger partial charge is 0.495 e. The first-order chi connectivity index (χ1) is 21.6. The number of nitrogens with zero attached hydrogens (tertiary/aromatic N) is 2. The summed E-state index contributed by atoms with van der Waals surface area (Å²) in [6.45, 7) is 0. The van der Waals surface area contributed by atoms with Crippen LogP contribution in [0, 0.1) is 0 Å². The van der Waals surface area contributed by atoms with Crippen LogP contribution in [-0.4, -0.2) is 47.5 Å². The molecule has 242 valence electrons. The van der Waals surface area contributed by atoms with Gasteiger partial charge in [0.05, 0.1) is 35.7 Å². The lowest BCUT2D eigenvalue weighted by Gasteiger charge is -2.11. The van der Waals surface area contributed by atoms with Gasteiger partial charge in [0, 0.05) is 20.7 Å². The molecule has 2 heterocycles. The number of carbonyl (C=O) groups is 2. The Morgan fingerprint density at radius 1 is 0.783 bits per heavy atom. The molecule has 0 radical (unpaired) electrons. The first-order valence-electron chi connectivity index (χ1n) is 12.4. The van der Waals surface area contributed by atoms with Crippen molar-refractivity contribution in [2.45, 2.75) is 17.2 Å². The smallest absolute Gasteiger partial charge is 0.471 e. The highest BCUT2D eigenvalue weighted by molar-refractivity contribution is 7.98. The number of oxazole rings is 2.